The van der Waals surface area contributed by atoms with E-state index in [0.717, 1.165) is 44.5 Å². The van der Waals surface area contributed by atoms with Crippen molar-refractivity contribution >= 4 is 11.6 Å². The Hall–Kier alpha value is -2.14. The highest BCUT2D eigenvalue weighted by Gasteiger charge is 2.28. The summed E-state index contributed by atoms with van der Waals surface area (Å²) in [5.41, 5.74) is 2.78. The summed E-state index contributed by atoms with van der Waals surface area (Å²) in [4.78, 5) is 13.8. The van der Waals surface area contributed by atoms with Gasteiger partial charge in [-0.2, -0.15) is 0 Å². The average Bonchev–Trinajstić information content (AvgIpc) is 3.12. The fraction of sp³-hybridized carbons (Fsp3) is 0.474. The molecule has 4 rings (SSSR count). The topological polar surface area (TPSA) is 41.5 Å². The lowest BCUT2D eigenvalue weighted by Gasteiger charge is -2.30. The molecule has 2 fully saturated rings. The summed E-state index contributed by atoms with van der Waals surface area (Å²) in [6.07, 6.45) is 4.09. The van der Waals surface area contributed by atoms with Gasteiger partial charge in [-0.25, -0.2) is 9.97 Å². The Balaban J connectivity index is 1.61. The molecule has 5 heteroatoms. The minimum atomic E-state index is 0.415. The number of morpholine rings is 1. The van der Waals surface area contributed by atoms with Crippen molar-refractivity contribution in [2.75, 3.05) is 42.6 Å². The normalized spacial score (nSPS) is 21.3. The van der Waals surface area contributed by atoms with Crippen LogP contribution in [0.5, 0.6) is 0 Å². The van der Waals surface area contributed by atoms with Gasteiger partial charge < -0.3 is 14.5 Å². The molecule has 0 bridgehead atoms. The van der Waals surface area contributed by atoms with Crippen LogP contribution in [0.15, 0.2) is 36.7 Å². The SMILES string of the molecule is Cc1ccccc1C1CCCN1c1cc(N2CCOCC2)ncn1. The number of anilines is 2. The number of benzene rings is 1. The molecule has 3 heterocycles. The van der Waals surface area contributed by atoms with E-state index in [9.17, 15) is 0 Å². The second-order valence-corrected chi connectivity index (χ2v) is 6.54. The van der Waals surface area contributed by atoms with Crippen LogP contribution in [0.2, 0.25) is 0 Å². The molecule has 2 aromatic rings. The number of rotatable bonds is 3. The second kappa shape index (κ2) is 6.77. The summed E-state index contributed by atoms with van der Waals surface area (Å²) in [5, 5.41) is 0. The van der Waals surface area contributed by atoms with Gasteiger partial charge in [0.15, 0.2) is 0 Å². The Labute approximate surface area is 143 Å². The number of ether oxygens (including phenoxy) is 1. The van der Waals surface area contributed by atoms with Crippen LogP contribution < -0.4 is 9.80 Å². The third-order valence-electron chi connectivity index (χ3n) is 5.07. The van der Waals surface area contributed by atoms with E-state index in [-0.39, 0.29) is 0 Å². The van der Waals surface area contributed by atoms with Gasteiger partial charge in [-0.15, -0.1) is 0 Å². The number of aromatic nitrogens is 2. The van der Waals surface area contributed by atoms with Crippen molar-refractivity contribution in [2.24, 2.45) is 0 Å². The van der Waals surface area contributed by atoms with E-state index in [1.54, 1.807) is 6.33 Å². The first-order valence-electron chi connectivity index (χ1n) is 8.80. The summed E-state index contributed by atoms with van der Waals surface area (Å²) in [6.45, 7) is 6.60. The number of nitrogens with zero attached hydrogens (tertiary/aromatic N) is 4. The van der Waals surface area contributed by atoms with Gasteiger partial charge in [0.2, 0.25) is 0 Å². The zero-order valence-electron chi connectivity index (χ0n) is 14.2. The van der Waals surface area contributed by atoms with E-state index < -0.39 is 0 Å². The minimum Gasteiger partial charge on any atom is -0.378 e. The summed E-state index contributed by atoms with van der Waals surface area (Å²) >= 11 is 0. The van der Waals surface area contributed by atoms with Crippen molar-refractivity contribution in [3.05, 3.63) is 47.8 Å². The Morgan fingerprint density at radius 1 is 1.04 bits per heavy atom. The van der Waals surface area contributed by atoms with Crippen LogP contribution in [-0.2, 0) is 4.74 Å². The van der Waals surface area contributed by atoms with Gasteiger partial charge in [-0.1, -0.05) is 24.3 Å². The third-order valence-corrected chi connectivity index (χ3v) is 5.07. The standard InChI is InChI=1S/C19H24N4O/c1-15-5-2-3-6-16(15)17-7-4-8-23(17)19-13-18(20-14-21-19)22-9-11-24-12-10-22/h2-3,5-6,13-14,17H,4,7-12H2,1H3. The van der Waals surface area contributed by atoms with Crippen LogP contribution in [0.3, 0.4) is 0 Å². The van der Waals surface area contributed by atoms with E-state index in [4.69, 9.17) is 4.74 Å². The molecular formula is C19H24N4O. The van der Waals surface area contributed by atoms with E-state index in [1.165, 1.54) is 24.0 Å². The highest BCUT2D eigenvalue weighted by molar-refractivity contribution is 5.53. The zero-order chi connectivity index (χ0) is 16.4. The number of aryl methyl sites for hydroxylation is 1. The molecule has 1 aromatic carbocycles. The Morgan fingerprint density at radius 3 is 2.67 bits per heavy atom. The molecule has 126 valence electrons. The van der Waals surface area contributed by atoms with Crippen molar-refractivity contribution < 1.29 is 4.74 Å². The number of hydrogen-bond acceptors (Lipinski definition) is 5. The zero-order valence-corrected chi connectivity index (χ0v) is 14.2. The van der Waals surface area contributed by atoms with Crippen LogP contribution in [0.4, 0.5) is 11.6 Å². The smallest absolute Gasteiger partial charge is 0.134 e. The molecule has 1 aromatic heterocycles. The van der Waals surface area contributed by atoms with Crippen molar-refractivity contribution in [1.29, 1.82) is 0 Å². The molecule has 1 atom stereocenters. The maximum Gasteiger partial charge on any atom is 0.134 e. The van der Waals surface area contributed by atoms with Gasteiger partial charge in [0.1, 0.15) is 18.0 Å². The van der Waals surface area contributed by atoms with Crippen LogP contribution >= 0.6 is 0 Å². The van der Waals surface area contributed by atoms with Gasteiger partial charge in [-0.05, 0) is 30.9 Å². The molecule has 1 unspecified atom stereocenters. The lowest BCUT2D eigenvalue weighted by molar-refractivity contribution is 0.122. The second-order valence-electron chi connectivity index (χ2n) is 6.54. The monoisotopic (exact) mass is 324 g/mol. The molecule has 2 aliphatic heterocycles. The molecule has 24 heavy (non-hydrogen) atoms. The summed E-state index contributed by atoms with van der Waals surface area (Å²) in [5.74, 6) is 2.05. The third kappa shape index (κ3) is 2.96. The molecule has 0 amide bonds. The molecule has 0 aliphatic carbocycles. The predicted molar refractivity (Wildman–Crippen MR) is 95.6 cm³/mol. The van der Waals surface area contributed by atoms with E-state index in [2.05, 4.69) is 57.0 Å². The van der Waals surface area contributed by atoms with Gasteiger partial charge in [0.05, 0.1) is 19.3 Å². The predicted octanol–water partition coefficient (Wildman–Crippen LogP) is 2.96. The first-order valence-corrected chi connectivity index (χ1v) is 8.80. The van der Waals surface area contributed by atoms with Crippen LogP contribution in [0.25, 0.3) is 0 Å². The quantitative estimate of drug-likeness (QED) is 0.868. The average molecular weight is 324 g/mol. The van der Waals surface area contributed by atoms with Crippen LogP contribution in [-0.4, -0.2) is 42.8 Å². The van der Waals surface area contributed by atoms with E-state index >= 15 is 0 Å². The maximum absolute atomic E-state index is 5.44. The fourth-order valence-electron chi connectivity index (χ4n) is 3.78. The van der Waals surface area contributed by atoms with Gasteiger partial charge >= 0.3 is 0 Å². The molecular weight excluding hydrogens is 300 g/mol. The summed E-state index contributed by atoms with van der Waals surface area (Å²) in [7, 11) is 0. The highest BCUT2D eigenvalue weighted by atomic mass is 16.5. The molecule has 0 spiro atoms. The summed E-state index contributed by atoms with van der Waals surface area (Å²) < 4.78 is 5.44. The summed E-state index contributed by atoms with van der Waals surface area (Å²) in [6, 6.07) is 11.3. The lowest BCUT2D eigenvalue weighted by atomic mass is 9.99. The highest BCUT2D eigenvalue weighted by Crippen LogP contribution is 2.37. The van der Waals surface area contributed by atoms with Gasteiger partial charge in [0.25, 0.3) is 0 Å². The lowest BCUT2D eigenvalue weighted by Crippen LogP contribution is -2.37. The van der Waals surface area contributed by atoms with Gasteiger partial charge in [0, 0.05) is 25.7 Å². The van der Waals surface area contributed by atoms with Crippen molar-refractivity contribution in [3.8, 4) is 0 Å². The van der Waals surface area contributed by atoms with Gasteiger partial charge in [-0.3, -0.25) is 0 Å². The van der Waals surface area contributed by atoms with E-state index in [0.29, 0.717) is 6.04 Å². The Bertz CT molecular complexity index is 699. The van der Waals surface area contributed by atoms with Crippen LogP contribution in [0, 0.1) is 6.92 Å². The minimum absolute atomic E-state index is 0.415. The fourth-order valence-corrected chi connectivity index (χ4v) is 3.78. The molecule has 5 nitrogen and oxygen atoms in total. The van der Waals surface area contributed by atoms with Crippen molar-refractivity contribution in [1.82, 2.24) is 9.97 Å². The Morgan fingerprint density at radius 2 is 1.83 bits per heavy atom. The number of hydrogen-bond donors (Lipinski definition) is 0. The van der Waals surface area contributed by atoms with E-state index in [1.807, 2.05) is 0 Å². The van der Waals surface area contributed by atoms with Crippen molar-refractivity contribution in [2.45, 2.75) is 25.8 Å². The molecule has 0 N–H and O–H groups in total. The van der Waals surface area contributed by atoms with Crippen molar-refractivity contribution in [3.63, 3.8) is 0 Å². The van der Waals surface area contributed by atoms with Crippen LogP contribution in [0.1, 0.15) is 30.0 Å². The molecule has 0 radical (unpaired) electrons. The maximum atomic E-state index is 5.44. The molecule has 2 aliphatic rings. The first-order chi connectivity index (χ1) is 11.8. The molecule has 0 saturated carbocycles. The first kappa shape index (κ1) is 15.4. The Kier molecular flexibility index (Phi) is 4.34. The molecule has 2 saturated heterocycles. The largest absolute Gasteiger partial charge is 0.378 e.